The summed E-state index contributed by atoms with van der Waals surface area (Å²) in [5, 5.41) is 0. The first-order valence-electron chi connectivity index (χ1n) is 5.52. The van der Waals surface area contributed by atoms with E-state index in [1.54, 1.807) is 0 Å². The average molecular weight is 241 g/mol. The number of carbonyl (C=O) groups excluding carboxylic acids is 1. The number of carbonyl (C=O) groups is 1. The molecule has 0 aromatic heterocycles. The molecule has 0 radical (unpaired) electrons. The Kier molecular flexibility index (Phi) is 4.34. The molecule has 1 rings (SSSR count). The van der Waals surface area contributed by atoms with Gasteiger partial charge in [0.2, 0.25) is 0 Å². The number of hydrogen-bond donors (Lipinski definition) is 1. The minimum Gasteiger partial charge on any atom is -0.326 e. The molecule has 1 aromatic carbocycles. The highest BCUT2D eigenvalue weighted by Gasteiger charge is 2.15. The molecule has 0 aliphatic rings. The largest absolute Gasteiger partial charge is 0.326 e. The van der Waals surface area contributed by atoms with Crippen LogP contribution in [-0.4, -0.2) is 11.3 Å². The van der Waals surface area contributed by atoms with Crippen LogP contribution in [0.25, 0.3) is 0 Å². The highest BCUT2D eigenvalue weighted by atomic mass is 19.1. The van der Waals surface area contributed by atoms with Gasteiger partial charge in [-0.05, 0) is 44.0 Å². The van der Waals surface area contributed by atoms with E-state index in [9.17, 15) is 13.6 Å². The molecule has 0 unspecified atom stereocenters. The Hall–Kier alpha value is -1.29. The van der Waals surface area contributed by atoms with Crippen LogP contribution in [0, 0.1) is 11.6 Å². The standard InChI is InChI=1S/C13H17F2NO/c1-13(2,16)6-5-11(17)8-9-7-10(14)3-4-12(9)15/h3-4,7H,5-6,8,16H2,1-2H3. The van der Waals surface area contributed by atoms with E-state index in [-0.39, 0.29) is 24.2 Å². The number of halogens is 2. The number of nitrogens with two attached hydrogens (primary N) is 1. The molecule has 0 spiro atoms. The average Bonchev–Trinajstić information content (AvgIpc) is 2.20. The van der Waals surface area contributed by atoms with Crippen molar-refractivity contribution in [1.29, 1.82) is 0 Å². The van der Waals surface area contributed by atoms with E-state index < -0.39 is 17.2 Å². The third kappa shape index (κ3) is 5.04. The molecule has 0 amide bonds. The van der Waals surface area contributed by atoms with Gasteiger partial charge in [0.05, 0.1) is 0 Å². The third-order valence-corrected chi connectivity index (χ3v) is 2.44. The molecule has 2 nitrogen and oxygen atoms in total. The predicted molar refractivity (Wildman–Crippen MR) is 62.6 cm³/mol. The van der Waals surface area contributed by atoms with Gasteiger partial charge in [0.1, 0.15) is 17.4 Å². The van der Waals surface area contributed by atoms with Crippen molar-refractivity contribution in [3.8, 4) is 0 Å². The molecular formula is C13H17F2NO. The molecule has 0 heterocycles. The van der Waals surface area contributed by atoms with Crippen molar-refractivity contribution in [3.63, 3.8) is 0 Å². The lowest BCUT2D eigenvalue weighted by molar-refractivity contribution is -0.118. The highest BCUT2D eigenvalue weighted by Crippen LogP contribution is 2.13. The number of Topliss-reactive ketones (excluding diaryl/α,β-unsaturated/α-hetero) is 1. The summed E-state index contributed by atoms with van der Waals surface area (Å²) in [6, 6.07) is 3.12. The fourth-order valence-electron chi connectivity index (χ4n) is 1.44. The Morgan fingerprint density at radius 1 is 1.35 bits per heavy atom. The van der Waals surface area contributed by atoms with Gasteiger partial charge in [-0.3, -0.25) is 4.79 Å². The minimum atomic E-state index is -0.549. The summed E-state index contributed by atoms with van der Waals surface area (Å²) in [7, 11) is 0. The molecule has 0 atom stereocenters. The first kappa shape index (κ1) is 13.8. The molecule has 0 saturated heterocycles. The molecule has 0 saturated carbocycles. The number of hydrogen-bond acceptors (Lipinski definition) is 2. The Morgan fingerprint density at radius 3 is 2.59 bits per heavy atom. The van der Waals surface area contributed by atoms with Gasteiger partial charge in [0.15, 0.2) is 0 Å². The summed E-state index contributed by atoms with van der Waals surface area (Å²) in [5.41, 5.74) is 5.43. The molecule has 1 aromatic rings. The fraction of sp³-hybridized carbons (Fsp3) is 0.462. The first-order valence-corrected chi connectivity index (χ1v) is 5.52. The van der Waals surface area contributed by atoms with E-state index >= 15 is 0 Å². The van der Waals surface area contributed by atoms with E-state index in [4.69, 9.17) is 5.73 Å². The lowest BCUT2D eigenvalue weighted by Gasteiger charge is -2.17. The van der Waals surface area contributed by atoms with Crippen molar-refractivity contribution in [1.82, 2.24) is 0 Å². The van der Waals surface area contributed by atoms with Gasteiger partial charge in [-0.1, -0.05) is 0 Å². The molecule has 4 heteroatoms. The maximum atomic E-state index is 13.3. The SMILES string of the molecule is CC(C)(N)CCC(=O)Cc1cc(F)ccc1F. The van der Waals surface area contributed by atoms with Gasteiger partial charge in [-0.15, -0.1) is 0 Å². The molecule has 17 heavy (non-hydrogen) atoms. The molecule has 0 aliphatic heterocycles. The third-order valence-electron chi connectivity index (χ3n) is 2.44. The van der Waals surface area contributed by atoms with Crippen LogP contribution < -0.4 is 5.73 Å². The van der Waals surface area contributed by atoms with E-state index in [0.29, 0.717) is 6.42 Å². The summed E-state index contributed by atoms with van der Waals surface area (Å²) in [5.74, 6) is -1.21. The zero-order valence-corrected chi connectivity index (χ0v) is 10.1. The molecule has 0 aliphatic carbocycles. The van der Waals surface area contributed by atoms with Crippen LogP contribution >= 0.6 is 0 Å². The Bertz CT molecular complexity index is 410. The molecular weight excluding hydrogens is 224 g/mol. The van der Waals surface area contributed by atoms with Crippen LogP contribution in [0.1, 0.15) is 32.3 Å². The van der Waals surface area contributed by atoms with Gasteiger partial charge >= 0.3 is 0 Å². The highest BCUT2D eigenvalue weighted by molar-refractivity contribution is 5.80. The van der Waals surface area contributed by atoms with Crippen LogP contribution in [0.2, 0.25) is 0 Å². The Morgan fingerprint density at radius 2 is 2.00 bits per heavy atom. The van der Waals surface area contributed by atoms with Gasteiger partial charge < -0.3 is 5.73 Å². The van der Waals surface area contributed by atoms with E-state index in [2.05, 4.69) is 0 Å². The smallest absolute Gasteiger partial charge is 0.137 e. The molecule has 0 bridgehead atoms. The van der Waals surface area contributed by atoms with Gasteiger partial charge in [-0.2, -0.15) is 0 Å². The normalized spacial score (nSPS) is 11.6. The lowest BCUT2D eigenvalue weighted by atomic mass is 9.96. The van der Waals surface area contributed by atoms with Gasteiger partial charge in [-0.25, -0.2) is 8.78 Å². The zero-order valence-electron chi connectivity index (χ0n) is 10.1. The quantitative estimate of drug-likeness (QED) is 0.861. The maximum Gasteiger partial charge on any atom is 0.137 e. The van der Waals surface area contributed by atoms with Crippen molar-refractivity contribution >= 4 is 5.78 Å². The van der Waals surface area contributed by atoms with Crippen LogP contribution in [0.15, 0.2) is 18.2 Å². The van der Waals surface area contributed by atoms with Crippen LogP contribution in [0.3, 0.4) is 0 Å². The van der Waals surface area contributed by atoms with Crippen molar-refractivity contribution in [2.75, 3.05) is 0 Å². The molecule has 2 N–H and O–H groups in total. The van der Waals surface area contributed by atoms with Crippen molar-refractivity contribution in [2.24, 2.45) is 5.73 Å². The van der Waals surface area contributed by atoms with Gasteiger partial charge in [0, 0.05) is 18.4 Å². The van der Waals surface area contributed by atoms with Crippen molar-refractivity contribution < 1.29 is 13.6 Å². The summed E-state index contributed by atoms with van der Waals surface area (Å²) in [6.07, 6.45) is 0.724. The van der Waals surface area contributed by atoms with Gasteiger partial charge in [0.25, 0.3) is 0 Å². The van der Waals surface area contributed by atoms with Crippen molar-refractivity contribution in [3.05, 3.63) is 35.4 Å². The van der Waals surface area contributed by atoms with E-state index in [0.717, 1.165) is 18.2 Å². The summed E-state index contributed by atoms with van der Waals surface area (Å²) >= 11 is 0. The van der Waals surface area contributed by atoms with Crippen LogP contribution in [-0.2, 0) is 11.2 Å². The first-order chi connectivity index (χ1) is 7.78. The summed E-state index contributed by atoms with van der Waals surface area (Å²) < 4.78 is 26.1. The fourth-order valence-corrected chi connectivity index (χ4v) is 1.44. The van der Waals surface area contributed by atoms with E-state index in [1.807, 2.05) is 13.8 Å². The lowest BCUT2D eigenvalue weighted by Crippen LogP contribution is -2.32. The molecule has 94 valence electrons. The maximum absolute atomic E-state index is 13.3. The zero-order chi connectivity index (χ0) is 13.1. The Balaban J connectivity index is 2.59. The van der Waals surface area contributed by atoms with Crippen molar-refractivity contribution in [2.45, 2.75) is 38.6 Å². The Labute approximate surface area is 99.8 Å². The number of rotatable bonds is 5. The predicted octanol–water partition coefficient (Wildman–Crippen LogP) is 2.59. The second-order valence-electron chi connectivity index (χ2n) is 4.94. The van der Waals surface area contributed by atoms with E-state index in [1.165, 1.54) is 0 Å². The molecule has 0 fully saturated rings. The minimum absolute atomic E-state index is 0.0837. The monoisotopic (exact) mass is 241 g/mol. The second-order valence-corrected chi connectivity index (χ2v) is 4.94. The second kappa shape index (κ2) is 5.36. The topological polar surface area (TPSA) is 43.1 Å². The van der Waals surface area contributed by atoms with Crippen LogP contribution in [0.5, 0.6) is 0 Å². The van der Waals surface area contributed by atoms with Crippen LogP contribution in [0.4, 0.5) is 8.78 Å². The summed E-state index contributed by atoms with van der Waals surface area (Å²) in [4.78, 5) is 11.6. The summed E-state index contributed by atoms with van der Waals surface area (Å²) in [6.45, 7) is 3.64. The number of benzene rings is 1. The number of ketones is 1.